The molecule has 0 aliphatic heterocycles. The first-order valence-electron chi connectivity index (χ1n) is 4.57. The van der Waals surface area contributed by atoms with Crippen LogP contribution in [0.5, 0.6) is 0 Å². The number of anilines is 1. The number of nitrogens with two attached hydrogens (primary N) is 1. The smallest absolute Gasteiger partial charge is 0.153 e. The molecule has 1 aromatic heterocycles. The molecule has 0 saturated heterocycles. The molecule has 2 aromatic rings. The van der Waals surface area contributed by atoms with E-state index in [1.165, 1.54) is 0 Å². The lowest BCUT2D eigenvalue weighted by atomic mass is 10.1. The molecule has 0 spiro atoms. The molecule has 0 amide bonds. The van der Waals surface area contributed by atoms with Crippen molar-refractivity contribution in [1.29, 1.82) is 0 Å². The molecule has 0 bridgehead atoms. The summed E-state index contributed by atoms with van der Waals surface area (Å²) < 4.78 is 0. The zero-order chi connectivity index (χ0) is 10.7. The maximum absolute atomic E-state index is 10.7. The van der Waals surface area contributed by atoms with Crippen molar-refractivity contribution in [2.45, 2.75) is 0 Å². The monoisotopic (exact) mass is 198 g/mol. The minimum atomic E-state index is 0.268. The van der Waals surface area contributed by atoms with E-state index in [4.69, 9.17) is 5.73 Å². The molecule has 2 N–H and O–H groups in total. The second kappa shape index (κ2) is 3.92. The van der Waals surface area contributed by atoms with Crippen LogP contribution in [0.4, 0.5) is 5.82 Å². The number of aromatic nitrogens is 1. The maximum Gasteiger partial charge on any atom is 0.153 e. The molecule has 3 nitrogen and oxygen atoms in total. The van der Waals surface area contributed by atoms with Crippen molar-refractivity contribution >= 4 is 12.1 Å². The number of rotatable bonds is 2. The molecule has 0 aliphatic rings. The van der Waals surface area contributed by atoms with E-state index in [1.807, 2.05) is 30.3 Å². The summed E-state index contributed by atoms with van der Waals surface area (Å²) in [5, 5.41) is 0. The number of hydrogen-bond donors (Lipinski definition) is 1. The molecule has 1 heterocycles. The first kappa shape index (κ1) is 9.40. The van der Waals surface area contributed by atoms with Gasteiger partial charge in [0.15, 0.2) is 6.29 Å². The second-order valence-electron chi connectivity index (χ2n) is 3.18. The van der Waals surface area contributed by atoms with Gasteiger partial charge in [0.1, 0.15) is 5.82 Å². The third-order valence-corrected chi connectivity index (χ3v) is 2.18. The summed E-state index contributed by atoms with van der Waals surface area (Å²) in [6.07, 6.45) is 2.38. The van der Waals surface area contributed by atoms with Gasteiger partial charge in [-0.1, -0.05) is 30.3 Å². The van der Waals surface area contributed by atoms with Crippen LogP contribution in [0.3, 0.4) is 0 Å². The summed E-state index contributed by atoms with van der Waals surface area (Å²) in [5.74, 6) is 0.268. The number of pyridine rings is 1. The normalized spacial score (nSPS) is 9.87. The van der Waals surface area contributed by atoms with Crippen LogP contribution < -0.4 is 5.73 Å². The molecular weight excluding hydrogens is 188 g/mol. The van der Waals surface area contributed by atoms with Crippen molar-refractivity contribution < 1.29 is 4.79 Å². The Labute approximate surface area is 87.6 Å². The molecule has 0 atom stereocenters. The molecule has 1 aromatic carbocycles. The quantitative estimate of drug-likeness (QED) is 0.752. The van der Waals surface area contributed by atoms with Crippen LogP contribution in [-0.2, 0) is 0 Å². The van der Waals surface area contributed by atoms with E-state index in [0.717, 1.165) is 17.4 Å². The van der Waals surface area contributed by atoms with Crippen LogP contribution in [0, 0.1) is 0 Å². The van der Waals surface area contributed by atoms with Crippen molar-refractivity contribution in [3.8, 4) is 11.1 Å². The van der Waals surface area contributed by atoms with E-state index in [1.54, 1.807) is 12.3 Å². The third kappa shape index (κ3) is 1.86. The fourth-order valence-electron chi connectivity index (χ4n) is 1.38. The van der Waals surface area contributed by atoms with E-state index in [0.29, 0.717) is 5.56 Å². The average molecular weight is 198 g/mol. The summed E-state index contributed by atoms with van der Waals surface area (Å²) in [6, 6.07) is 11.5. The van der Waals surface area contributed by atoms with Gasteiger partial charge in [-0.25, -0.2) is 4.98 Å². The highest BCUT2D eigenvalue weighted by Crippen LogP contribution is 2.20. The van der Waals surface area contributed by atoms with Crippen molar-refractivity contribution in [2.75, 3.05) is 5.73 Å². The van der Waals surface area contributed by atoms with E-state index < -0.39 is 0 Å². The summed E-state index contributed by atoms with van der Waals surface area (Å²) in [7, 11) is 0. The molecule has 0 unspecified atom stereocenters. The molecule has 0 radical (unpaired) electrons. The number of aldehydes is 1. The Bertz CT molecular complexity index is 480. The Morgan fingerprint density at radius 3 is 2.53 bits per heavy atom. The number of carbonyl (C=O) groups is 1. The van der Waals surface area contributed by atoms with E-state index in [2.05, 4.69) is 4.98 Å². The summed E-state index contributed by atoms with van der Waals surface area (Å²) in [4.78, 5) is 14.7. The molecule has 0 aliphatic carbocycles. The van der Waals surface area contributed by atoms with Gasteiger partial charge in [-0.2, -0.15) is 0 Å². The van der Waals surface area contributed by atoms with Crippen LogP contribution in [0.1, 0.15) is 10.4 Å². The highest BCUT2D eigenvalue weighted by molar-refractivity contribution is 5.84. The summed E-state index contributed by atoms with van der Waals surface area (Å²) >= 11 is 0. The lowest BCUT2D eigenvalue weighted by molar-refractivity contribution is 0.112. The van der Waals surface area contributed by atoms with Gasteiger partial charge in [0.25, 0.3) is 0 Å². The number of benzene rings is 1. The summed E-state index contributed by atoms with van der Waals surface area (Å²) in [5.41, 5.74) is 7.88. The molecule has 0 fully saturated rings. The zero-order valence-electron chi connectivity index (χ0n) is 8.05. The Morgan fingerprint density at radius 2 is 1.87 bits per heavy atom. The van der Waals surface area contributed by atoms with Crippen molar-refractivity contribution in [2.24, 2.45) is 0 Å². The average Bonchev–Trinajstić information content (AvgIpc) is 2.31. The van der Waals surface area contributed by atoms with Gasteiger partial charge in [0.2, 0.25) is 0 Å². The van der Waals surface area contributed by atoms with Crippen LogP contribution in [0.15, 0.2) is 42.6 Å². The van der Waals surface area contributed by atoms with Gasteiger partial charge in [-0.05, 0) is 11.6 Å². The first-order valence-corrected chi connectivity index (χ1v) is 4.57. The van der Waals surface area contributed by atoms with E-state index in [9.17, 15) is 4.79 Å². The highest BCUT2D eigenvalue weighted by Gasteiger charge is 2.02. The maximum atomic E-state index is 10.7. The minimum Gasteiger partial charge on any atom is -0.383 e. The Hall–Kier alpha value is -2.16. The van der Waals surface area contributed by atoms with Crippen LogP contribution in [0.25, 0.3) is 11.1 Å². The fourth-order valence-corrected chi connectivity index (χ4v) is 1.38. The number of nitrogens with zero attached hydrogens (tertiary/aromatic N) is 1. The first-order chi connectivity index (χ1) is 7.31. The van der Waals surface area contributed by atoms with Gasteiger partial charge >= 0.3 is 0 Å². The zero-order valence-corrected chi connectivity index (χ0v) is 8.05. The second-order valence-corrected chi connectivity index (χ2v) is 3.18. The Balaban J connectivity index is 2.51. The van der Waals surface area contributed by atoms with Gasteiger partial charge in [0.05, 0.1) is 5.56 Å². The highest BCUT2D eigenvalue weighted by atomic mass is 16.1. The number of carbonyl (C=O) groups excluding carboxylic acids is 1. The molecular formula is C12H10N2O. The minimum absolute atomic E-state index is 0.268. The molecule has 2 rings (SSSR count). The van der Waals surface area contributed by atoms with Gasteiger partial charge in [0, 0.05) is 11.8 Å². The van der Waals surface area contributed by atoms with Gasteiger partial charge in [-0.3, -0.25) is 4.79 Å². The molecule has 74 valence electrons. The number of hydrogen-bond acceptors (Lipinski definition) is 3. The molecule has 3 heteroatoms. The van der Waals surface area contributed by atoms with Crippen LogP contribution >= 0.6 is 0 Å². The fraction of sp³-hybridized carbons (Fsp3) is 0. The number of nitrogen functional groups attached to an aromatic ring is 1. The Kier molecular flexibility index (Phi) is 2.46. The van der Waals surface area contributed by atoms with E-state index in [-0.39, 0.29) is 5.82 Å². The van der Waals surface area contributed by atoms with Crippen LogP contribution in [0.2, 0.25) is 0 Å². The van der Waals surface area contributed by atoms with Crippen LogP contribution in [-0.4, -0.2) is 11.3 Å². The predicted molar refractivity (Wildman–Crippen MR) is 59.5 cm³/mol. The van der Waals surface area contributed by atoms with E-state index >= 15 is 0 Å². The van der Waals surface area contributed by atoms with Crippen molar-refractivity contribution in [3.05, 3.63) is 48.2 Å². The lowest BCUT2D eigenvalue weighted by Gasteiger charge is -2.03. The molecule has 0 saturated carbocycles. The van der Waals surface area contributed by atoms with Crippen molar-refractivity contribution in [1.82, 2.24) is 4.98 Å². The standard InChI is InChI=1S/C12H10N2O/c13-12-11(8-15)6-10(7-14-12)9-4-2-1-3-5-9/h1-8H,(H2,13,14). The van der Waals surface area contributed by atoms with Gasteiger partial charge in [-0.15, -0.1) is 0 Å². The molecule has 15 heavy (non-hydrogen) atoms. The lowest BCUT2D eigenvalue weighted by Crippen LogP contribution is -1.96. The largest absolute Gasteiger partial charge is 0.383 e. The third-order valence-electron chi connectivity index (χ3n) is 2.18. The SMILES string of the molecule is Nc1ncc(-c2ccccc2)cc1C=O. The summed E-state index contributed by atoms with van der Waals surface area (Å²) in [6.45, 7) is 0. The topological polar surface area (TPSA) is 56.0 Å². The van der Waals surface area contributed by atoms with Gasteiger partial charge < -0.3 is 5.73 Å². The van der Waals surface area contributed by atoms with Crippen molar-refractivity contribution in [3.63, 3.8) is 0 Å². The predicted octanol–water partition coefficient (Wildman–Crippen LogP) is 2.14. The Morgan fingerprint density at radius 1 is 1.13 bits per heavy atom.